The van der Waals surface area contributed by atoms with Crippen LogP contribution in [0.2, 0.25) is 5.02 Å². The number of sulfone groups is 1. The predicted molar refractivity (Wildman–Crippen MR) is 145 cm³/mol. The van der Waals surface area contributed by atoms with Crippen molar-refractivity contribution in [1.29, 1.82) is 0 Å². The molecular formula is C28H32ClFN2O5S. The minimum atomic E-state index is -3.28. The molecule has 0 aliphatic heterocycles. The fraction of sp³-hybridized carbons (Fsp3) is 0.429. The predicted octanol–water partition coefficient (Wildman–Crippen LogP) is 5.50. The highest BCUT2D eigenvalue weighted by molar-refractivity contribution is 7.90. The lowest BCUT2D eigenvalue weighted by molar-refractivity contribution is -0.142. The number of carbonyl (C=O) groups is 1. The Balaban J connectivity index is 1.69. The van der Waals surface area contributed by atoms with Gasteiger partial charge in [-0.3, -0.25) is 4.68 Å². The second-order valence-electron chi connectivity index (χ2n) is 10.00. The number of carboxylic acid groups (broad SMARTS) is 1. The Morgan fingerprint density at radius 3 is 2.45 bits per heavy atom. The third kappa shape index (κ3) is 7.21. The van der Waals surface area contributed by atoms with Gasteiger partial charge in [0.2, 0.25) is 0 Å². The van der Waals surface area contributed by atoms with Crippen molar-refractivity contribution in [2.45, 2.75) is 38.6 Å². The molecule has 1 fully saturated rings. The lowest BCUT2D eigenvalue weighted by Crippen LogP contribution is -2.24. The van der Waals surface area contributed by atoms with Gasteiger partial charge in [0.1, 0.15) is 28.0 Å². The van der Waals surface area contributed by atoms with Crippen molar-refractivity contribution in [2.75, 3.05) is 25.2 Å². The van der Waals surface area contributed by atoms with Crippen LogP contribution in [0.1, 0.15) is 31.4 Å². The van der Waals surface area contributed by atoms with Gasteiger partial charge in [-0.1, -0.05) is 54.1 Å². The van der Waals surface area contributed by atoms with Crippen LogP contribution in [0.5, 0.6) is 0 Å². The zero-order valence-electron chi connectivity index (χ0n) is 21.3. The van der Waals surface area contributed by atoms with Gasteiger partial charge in [0.05, 0.1) is 17.4 Å². The van der Waals surface area contributed by atoms with Crippen molar-refractivity contribution < 1.29 is 27.4 Å². The van der Waals surface area contributed by atoms with Crippen LogP contribution in [-0.4, -0.2) is 54.5 Å². The van der Waals surface area contributed by atoms with Gasteiger partial charge in [-0.2, -0.15) is 5.10 Å². The van der Waals surface area contributed by atoms with Crippen molar-refractivity contribution in [2.24, 2.45) is 11.8 Å². The van der Waals surface area contributed by atoms with Crippen molar-refractivity contribution in [3.8, 4) is 22.4 Å². The van der Waals surface area contributed by atoms with E-state index in [0.29, 0.717) is 47.5 Å². The number of hydrogen-bond acceptors (Lipinski definition) is 5. The maximum absolute atomic E-state index is 15.4. The Morgan fingerprint density at radius 1 is 1.11 bits per heavy atom. The third-order valence-electron chi connectivity index (χ3n) is 7.01. The molecule has 3 aromatic rings. The lowest BCUT2D eigenvalue weighted by atomic mass is 9.82. The van der Waals surface area contributed by atoms with Gasteiger partial charge in [0.15, 0.2) is 0 Å². The molecule has 38 heavy (non-hydrogen) atoms. The Kier molecular flexibility index (Phi) is 9.23. The van der Waals surface area contributed by atoms with Gasteiger partial charge in [-0.25, -0.2) is 17.6 Å². The molecule has 4 rings (SSSR count). The number of aromatic nitrogens is 2. The normalized spacial score (nSPS) is 18.0. The summed E-state index contributed by atoms with van der Waals surface area (Å²) in [5, 5.41) is 13.7. The van der Waals surface area contributed by atoms with E-state index < -0.39 is 21.6 Å². The molecule has 1 aliphatic rings. The molecule has 1 saturated carbocycles. The zero-order valence-corrected chi connectivity index (χ0v) is 22.8. The molecule has 1 aliphatic carbocycles. The molecule has 0 radical (unpaired) electrons. The molecule has 1 N–H and O–H groups in total. The van der Waals surface area contributed by atoms with Crippen LogP contribution in [0, 0.1) is 17.7 Å². The number of ether oxygens (including phenoxy) is 1. The van der Waals surface area contributed by atoms with Crippen LogP contribution < -0.4 is 0 Å². The molecule has 7 nitrogen and oxygen atoms in total. The van der Waals surface area contributed by atoms with Crippen molar-refractivity contribution in [1.82, 2.24) is 9.78 Å². The Labute approximate surface area is 227 Å². The number of benzene rings is 2. The maximum atomic E-state index is 15.4. The summed E-state index contributed by atoms with van der Waals surface area (Å²) in [6, 6.07) is 14.3. The minimum absolute atomic E-state index is 0.00763. The number of hydrogen-bond donors (Lipinski definition) is 1. The standard InChI is InChI=1S/C28H32ClFN2O5S/c1-38(35,36)15-14-24-26(22-8-5-9-23(29)27(22)30)28(21-6-3-2-4-7-21)31-32(24)16-19-10-12-20(13-11-19)17-37-18-25(33)34/h2-9,19-20H,10-18H2,1H3,(H,33,34). The third-order valence-corrected chi connectivity index (χ3v) is 8.25. The average molecular weight is 563 g/mol. The first-order valence-electron chi connectivity index (χ1n) is 12.7. The number of nitrogens with zero attached hydrogens (tertiary/aromatic N) is 2. The molecule has 1 aromatic heterocycles. The number of aliphatic carboxylic acids is 1. The lowest BCUT2D eigenvalue weighted by Gasteiger charge is -2.28. The molecule has 0 spiro atoms. The van der Waals surface area contributed by atoms with E-state index in [9.17, 15) is 13.2 Å². The summed E-state index contributed by atoms with van der Waals surface area (Å²) >= 11 is 6.15. The van der Waals surface area contributed by atoms with E-state index in [1.165, 1.54) is 12.3 Å². The minimum Gasteiger partial charge on any atom is -0.480 e. The fourth-order valence-electron chi connectivity index (χ4n) is 5.10. The van der Waals surface area contributed by atoms with Crippen LogP contribution in [0.15, 0.2) is 48.5 Å². The summed E-state index contributed by atoms with van der Waals surface area (Å²) in [7, 11) is -3.28. The van der Waals surface area contributed by atoms with Crippen LogP contribution in [0.4, 0.5) is 4.39 Å². The van der Waals surface area contributed by atoms with E-state index in [1.54, 1.807) is 12.1 Å². The van der Waals surface area contributed by atoms with Crippen molar-refractivity contribution >= 4 is 27.4 Å². The maximum Gasteiger partial charge on any atom is 0.329 e. The first-order valence-corrected chi connectivity index (χ1v) is 15.1. The second kappa shape index (κ2) is 12.4. The summed E-state index contributed by atoms with van der Waals surface area (Å²) in [5.74, 6) is -1.02. The highest BCUT2D eigenvalue weighted by Gasteiger charge is 2.28. The highest BCUT2D eigenvalue weighted by atomic mass is 35.5. The quantitative estimate of drug-likeness (QED) is 0.331. The topological polar surface area (TPSA) is 98.5 Å². The molecule has 0 unspecified atom stereocenters. The van der Waals surface area contributed by atoms with E-state index in [4.69, 9.17) is 26.5 Å². The van der Waals surface area contributed by atoms with Gasteiger partial charge < -0.3 is 9.84 Å². The smallest absolute Gasteiger partial charge is 0.329 e. The van der Waals surface area contributed by atoms with Crippen LogP contribution >= 0.6 is 11.6 Å². The largest absolute Gasteiger partial charge is 0.480 e. The van der Waals surface area contributed by atoms with Crippen LogP contribution in [-0.2, 0) is 32.3 Å². The molecule has 0 bridgehead atoms. The fourth-order valence-corrected chi connectivity index (χ4v) is 5.84. The summed E-state index contributed by atoms with van der Waals surface area (Å²) < 4.78 is 46.8. The van der Waals surface area contributed by atoms with E-state index in [-0.39, 0.29) is 23.8 Å². The second-order valence-corrected chi connectivity index (χ2v) is 12.7. The molecule has 10 heteroatoms. The van der Waals surface area contributed by atoms with Gasteiger partial charge in [-0.15, -0.1) is 0 Å². The Bertz CT molecular complexity index is 1370. The molecule has 0 saturated heterocycles. The van der Waals surface area contributed by atoms with Crippen molar-refractivity contribution in [3.05, 3.63) is 65.1 Å². The van der Waals surface area contributed by atoms with E-state index >= 15 is 4.39 Å². The highest BCUT2D eigenvalue weighted by Crippen LogP contribution is 2.39. The van der Waals surface area contributed by atoms with Crippen LogP contribution in [0.25, 0.3) is 22.4 Å². The molecule has 204 valence electrons. The Hall–Kier alpha value is -2.75. The van der Waals surface area contributed by atoms with Crippen LogP contribution in [0.3, 0.4) is 0 Å². The molecule has 0 atom stereocenters. The van der Waals surface area contributed by atoms with E-state index in [1.807, 2.05) is 35.0 Å². The first-order chi connectivity index (χ1) is 18.1. The summed E-state index contributed by atoms with van der Waals surface area (Å²) in [5.41, 5.74) is 2.93. The number of halogens is 2. The van der Waals surface area contributed by atoms with E-state index in [2.05, 4.69) is 0 Å². The monoisotopic (exact) mass is 562 g/mol. The molecule has 2 aromatic carbocycles. The van der Waals surface area contributed by atoms with Gasteiger partial charge in [0.25, 0.3) is 0 Å². The Morgan fingerprint density at radius 2 is 1.79 bits per heavy atom. The number of rotatable bonds is 11. The van der Waals surface area contributed by atoms with Gasteiger partial charge >= 0.3 is 5.97 Å². The van der Waals surface area contributed by atoms with E-state index in [0.717, 1.165) is 31.2 Å². The molecule has 0 amide bonds. The summed E-state index contributed by atoms with van der Waals surface area (Å²) in [6.07, 6.45) is 5.02. The molecular weight excluding hydrogens is 531 g/mol. The SMILES string of the molecule is CS(=O)(=O)CCc1c(-c2cccc(Cl)c2F)c(-c2ccccc2)nn1CC1CCC(COCC(=O)O)CC1. The average Bonchev–Trinajstić information content (AvgIpc) is 3.23. The zero-order chi connectivity index (χ0) is 27.3. The van der Waals surface area contributed by atoms with Crippen molar-refractivity contribution in [3.63, 3.8) is 0 Å². The van der Waals surface area contributed by atoms with Gasteiger partial charge in [0, 0.05) is 41.6 Å². The first kappa shape index (κ1) is 28.3. The molecule has 1 heterocycles. The summed E-state index contributed by atoms with van der Waals surface area (Å²) in [6.45, 7) is 0.711. The summed E-state index contributed by atoms with van der Waals surface area (Å²) in [4.78, 5) is 10.7. The van der Waals surface area contributed by atoms with Gasteiger partial charge in [-0.05, 0) is 43.6 Å². The number of carboxylic acids is 1.